The smallest absolute Gasteiger partial charge is 0.309 e. The van der Waals surface area contributed by atoms with E-state index in [1.165, 1.54) is 23.0 Å². The van der Waals surface area contributed by atoms with Gasteiger partial charge in [0.15, 0.2) is 29.1 Å². The van der Waals surface area contributed by atoms with Gasteiger partial charge in [-0.1, -0.05) is 66.7 Å². The van der Waals surface area contributed by atoms with E-state index in [0.717, 1.165) is 5.56 Å². The minimum absolute atomic E-state index is 0.0106. The predicted molar refractivity (Wildman–Crippen MR) is 162 cm³/mol. The van der Waals surface area contributed by atoms with Crippen molar-refractivity contribution < 1.29 is 38.7 Å². The summed E-state index contributed by atoms with van der Waals surface area (Å²) in [4.78, 5) is 13.2. The van der Waals surface area contributed by atoms with Crippen molar-refractivity contribution in [2.45, 2.75) is 55.0 Å². The molecule has 0 radical (unpaired) electrons. The van der Waals surface area contributed by atoms with Crippen molar-refractivity contribution in [2.24, 2.45) is 0 Å². The van der Waals surface area contributed by atoms with Gasteiger partial charge in [0.1, 0.15) is 42.3 Å². The van der Waals surface area contributed by atoms with Gasteiger partial charge in [-0.3, -0.25) is 4.57 Å². The van der Waals surface area contributed by atoms with E-state index in [-0.39, 0.29) is 36.4 Å². The number of hydrogen-bond donors (Lipinski definition) is 5. The van der Waals surface area contributed by atoms with Crippen LogP contribution in [0.1, 0.15) is 35.4 Å². The third-order valence-electron chi connectivity index (χ3n) is 8.78. The molecule has 1 saturated heterocycles. The average molecular weight is 632 g/mol. The Kier molecular flexibility index (Phi) is 7.45. The maximum atomic E-state index is 15.1. The molecular weight excluding hydrogens is 600 g/mol. The molecule has 1 fully saturated rings. The van der Waals surface area contributed by atoms with Crippen LogP contribution in [-0.4, -0.2) is 70.8 Å². The molecule has 46 heavy (non-hydrogen) atoms. The van der Waals surface area contributed by atoms with Gasteiger partial charge in [0, 0.05) is 5.56 Å². The SMILES string of the molecule is Nc1nc(-c2ccccc2)nc2c1ncn2[C@@H]1O[C@H](COc2cccc(CC[C@]3(O)c4ccccc4[C@H](O)C3(F)F)c2)[C@@H](O)[C@H]1O. The van der Waals surface area contributed by atoms with Crippen LogP contribution in [0.2, 0.25) is 0 Å². The van der Waals surface area contributed by atoms with E-state index in [4.69, 9.17) is 15.2 Å². The maximum Gasteiger partial charge on any atom is 0.309 e. The Morgan fingerprint density at radius 2 is 1.70 bits per heavy atom. The zero-order chi connectivity index (χ0) is 32.2. The normalized spacial score (nSPS) is 26.8. The number of fused-ring (bicyclic) bond motifs is 2. The number of halogens is 2. The van der Waals surface area contributed by atoms with Gasteiger partial charge in [0.05, 0.1) is 6.33 Å². The van der Waals surface area contributed by atoms with E-state index >= 15 is 8.78 Å². The summed E-state index contributed by atoms with van der Waals surface area (Å²) < 4.78 is 43.5. The number of aryl methyl sites for hydroxylation is 1. The molecule has 0 amide bonds. The van der Waals surface area contributed by atoms with E-state index < -0.39 is 42.2 Å². The lowest BCUT2D eigenvalue weighted by atomic mass is 9.86. The van der Waals surface area contributed by atoms with Crippen LogP contribution >= 0.6 is 0 Å². The zero-order valence-corrected chi connectivity index (χ0v) is 24.3. The highest BCUT2D eigenvalue weighted by atomic mass is 19.3. The molecule has 13 heteroatoms. The molecule has 6 atom stereocenters. The molecule has 3 aromatic carbocycles. The van der Waals surface area contributed by atoms with Crippen molar-refractivity contribution >= 4 is 17.0 Å². The number of hydrogen-bond acceptors (Lipinski definition) is 10. The van der Waals surface area contributed by atoms with Crippen LogP contribution in [0, 0.1) is 0 Å². The molecule has 238 valence electrons. The largest absolute Gasteiger partial charge is 0.491 e. The number of aliphatic hydroxyl groups excluding tert-OH is 3. The van der Waals surface area contributed by atoms with Crippen LogP contribution in [0.25, 0.3) is 22.6 Å². The summed E-state index contributed by atoms with van der Waals surface area (Å²) in [6, 6.07) is 21.8. The fraction of sp³-hybridized carbons (Fsp3) is 0.303. The molecular formula is C33H31F2N5O6. The number of nitrogen functional groups attached to an aromatic ring is 1. The van der Waals surface area contributed by atoms with E-state index in [2.05, 4.69) is 15.0 Å². The molecule has 0 saturated carbocycles. The molecule has 11 nitrogen and oxygen atoms in total. The van der Waals surface area contributed by atoms with Gasteiger partial charge in [-0.15, -0.1) is 0 Å². The van der Waals surface area contributed by atoms with Crippen LogP contribution in [0.15, 0.2) is 85.2 Å². The number of nitrogens with two attached hydrogens (primary N) is 1. The molecule has 5 aromatic rings. The quantitative estimate of drug-likeness (QED) is 0.171. The van der Waals surface area contributed by atoms with Crippen molar-refractivity contribution in [3.63, 3.8) is 0 Å². The third kappa shape index (κ3) is 4.87. The lowest BCUT2D eigenvalue weighted by Gasteiger charge is -2.32. The number of imidazole rings is 1. The Hall–Kier alpha value is -4.53. The van der Waals surface area contributed by atoms with Crippen molar-refractivity contribution in [3.05, 3.63) is 102 Å². The monoisotopic (exact) mass is 631 g/mol. The summed E-state index contributed by atoms with van der Waals surface area (Å²) >= 11 is 0. The number of aliphatic hydroxyl groups is 4. The van der Waals surface area contributed by atoms with Crippen LogP contribution in [0.3, 0.4) is 0 Å². The minimum atomic E-state index is -3.76. The molecule has 7 rings (SSSR count). The molecule has 6 N–H and O–H groups in total. The molecule has 3 heterocycles. The summed E-state index contributed by atoms with van der Waals surface area (Å²) in [5, 5.41) is 43.1. The van der Waals surface area contributed by atoms with Crippen molar-refractivity contribution in [3.8, 4) is 17.1 Å². The Morgan fingerprint density at radius 3 is 2.50 bits per heavy atom. The second-order valence-electron chi connectivity index (χ2n) is 11.6. The Balaban J connectivity index is 1.04. The summed E-state index contributed by atoms with van der Waals surface area (Å²) in [6.07, 6.45) is -5.61. The predicted octanol–water partition coefficient (Wildman–Crippen LogP) is 3.28. The number of ether oxygens (including phenoxy) is 2. The second-order valence-corrected chi connectivity index (χ2v) is 11.6. The van der Waals surface area contributed by atoms with Crippen molar-refractivity contribution in [2.75, 3.05) is 12.3 Å². The maximum absolute atomic E-state index is 15.1. The van der Waals surface area contributed by atoms with Crippen molar-refractivity contribution in [1.82, 2.24) is 19.5 Å². The van der Waals surface area contributed by atoms with Crippen LogP contribution in [0.5, 0.6) is 5.75 Å². The van der Waals surface area contributed by atoms with Gasteiger partial charge in [-0.2, -0.15) is 8.78 Å². The summed E-state index contributed by atoms with van der Waals surface area (Å²) in [6.45, 7) is -0.140. The summed E-state index contributed by atoms with van der Waals surface area (Å²) in [5.74, 6) is -2.87. The molecule has 0 unspecified atom stereocenters. The van der Waals surface area contributed by atoms with E-state index in [0.29, 0.717) is 28.3 Å². The van der Waals surface area contributed by atoms with Gasteiger partial charge in [-0.05, 0) is 41.7 Å². The van der Waals surface area contributed by atoms with Gasteiger partial charge < -0.3 is 35.6 Å². The fourth-order valence-corrected chi connectivity index (χ4v) is 6.25. The number of rotatable bonds is 8. The third-order valence-corrected chi connectivity index (χ3v) is 8.78. The van der Waals surface area contributed by atoms with E-state index in [9.17, 15) is 20.4 Å². The lowest BCUT2D eigenvalue weighted by Crippen LogP contribution is -2.44. The lowest BCUT2D eigenvalue weighted by molar-refractivity contribution is -0.226. The topological polar surface area (TPSA) is 169 Å². The highest BCUT2D eigenvalue weighted by molar-refractivity contribution is 5.83. The van der Waals surface area contributed by atoms with Gasteiger partial charge >= 0.3 is 5.92 Å². The molecule has 0 bridgehead atoms. The van der Waals surface area contributed by atoms with Crippen molar-refractivity contribution in [1.29, 1.82) is 0 Å². The first kappa shape index (κ1) is 30.1. The molecule has 1 aliphatic carbocycles. The first-order valence-corrected chi connectivity index (χ1v) is 14.7. The number of alkyl halides is 2. The first-order chi connectivity index (χ1) is 22.1. The number of nitrogens with zero attached hydrogens (tertiary/aromatic N) is 4. The zero-order valence-electron chi connectivity index (χ0n) is 24.3. The Bertz CT molecular complexity index is 1890. The number of aromatic nitrogens is 4. The van der Waals surface area contributed by atoms with Gasteiger partial charge in [0.25, 0.3) is 0 Å². The Morgan fingerprint density at radius 1 is 0.935 bits per heavy atom. The molecule has 2 aromatic heterocycles. The first-order valence-electron chi connectivity index (χ1n) is 14.7. The highest BCUT2D eigenvalue weighted by Crippen LogP contribution is 2.56. The van der Waals surface area contributed by atoms with E-state index in [1.54, 1.807) is 36.4 Å². The molecule has 1 aliphatic heterocycles. The van der Waals surface area contributed by atoms with Gasteiger partial charge in [0.2, 0.25) is 0 Å². The summed E-state index contributed by atoms with van der Waals surface area (Å²) in [7, 11) is 0. The molecule has 0 spiro atoms. The van der Waals surface area contributed by atoms with Crippen LogP contribution in [0.4, 0.5) is 14.6 Å². The minimum Gasteiger partial charge on any atom is -0.491 e. The molecule has 2 aliphatic rings. The van der Waals surface area contributed by atoms with E-state index in [1.807, 2.05) is 30.3 Å². The fourth-order valence-electron chi connectivity index (χ4n) is 6.25. The second kappa shape index (κ2) is 11.4. The Labute approximate surface area is 261 Å². The van der Waals surface area contributed by atoms with Gasteiger partial charge in [-0.25, -0.2) is 15.0 Å². The number of anilines is 1. The average Bonchev–Trinajstić information content (AvgIpc) is 3.66. The van der Waals surface area contributed by atoms with Crippen LogP contribution < -0.4 is 10.5 Å². The highest BCUT2D eigenvalue weighted by Gasteiger charge is 2.64. The van der Waals surface area contributed by atoms with Crippen LogP contribution in [-0.2, 0) is 16.8 Å². The number of benzene rings is 3. The standard InChI is InChI=1S/C33H31F2N5O6/c34-33(35)27(43)21-11-4-5-12-22(21)32(33,44)14-13-18-7-6-10-20(15-18)45-16-23-25(41)26(42)31(46-23)40-17-37-24-28(36)38-29(39-30(24)40)19-8-2-1-3-9-19/h1-12,15,17,23,25-27,31,41-44H,13-14,16H2,(H2,36,38,39)/t23-,25-,26-,27+,31-,32+/m1/s1. The summed E-state index contributed by atoms with van der Waals surface area (Å²) in [5.41, 5.74) is 5.63.